The van der Waals surface area contributed by atoms with Gasteiger partial charge in [-0.3, -0.25) is 0 Å². The number of hydrogen-bond donors (Lipinski definition) is 0. The Morgan fingerprint density at radius 2 is 2.12 bits per heavy atom. The van der Waals surface area contributed by atoms with E-state index in [4.69, 9.17) is 11.6 Å². The van der Waals surface area contributed by atoms with Crippen LogP contribution in [-0.2, 0) is 0 Å². The first-order chi connectivity index (χ1) is 3.79. The Kier molecular flexibility index (Phi) is 1.95. The van der Waals surface area contributed by atoms with Gasteiger partial charge in [-0.25, -0.2) is 0 Å². The van der Waals surface area contributed by atoms with Gasteiger partial charge in [0.05, 0.1) is 5.38 Å². The van der Waals surface area contributed by atoms with Crippen molar-refractivity contribution in [1.82, 2.24) is 0 Å². The predicted molar refractivity (Wildman–Crippen MR) is 37.2 cm³/mol. The standard InChI is InChI=1S/C7H11Cl/c1-6-2-4-7(8)5-3-6/h2,4,6-7H,3,5H2,1H3/t6?,7-/m1/s1. The van der Waals surface area contributed by atoms with Gasteiger partial charge in [0.25, 0.3) is 0 Å². The second kappa shape index (κ2) is 2.54. The molecule has 1 aliphatic rings. The van der Waals surface area contributed by atoms with Gasteiger partial charge in [-0.05, 0) is 18.8 Å². The lowest BCUT2D eigenvalue weighted by Gasteiger charge is -2.13. The van der Waals surface area contributed by atoms with Crippen molar-refractivity contribution in [1.29, 1.82) is 0 Å². The lowest BCUT2D eigenvalue weighted by Crippen LogP contribution is -2.04. The highest BCUT2D eigenvalue weighted by Crippen LogP contribution is 2.19. The molecule has 0 fully saturated rings. The molecule has 0 aromatic rings. The van der Waals surface area contributed by atoms with Crippen LogP contribution in [0.1, 0.15) is 19.8 Å². The predicted octanol–water partition coefficient (Wildman–Crippen LogP) is 2.58. The Balaban J connectivity index is 2.42. The summed E-state index contributed by atoms with van der Waals surface area (Å²) < 4.78 is 0. The molecule has 0 aliphatic heterocycles. The Morgan fingerprint density at radius 1 is 1.38 bits per heavy atom. The minimum atomic E-state index is 0.311. The fraction of sp³-hybridized carbons (Fsp3) is 0.714. The first-order valence-corrected chi connectivity index (χ1v) is 3.55. The van der Waals surface area contributed by atoms with Crippen LogP contribution in [0.5, 0.6) is 0 Å². The van der Waals surface area contributed by atoms with Crippen molar-refractivity contribution in [2.24, 2.45) is 5.92 Å². The van der Waals surface area contributed by atoms with Crippen LogP contribution in [0.4, 0.5) is 0 Å². The summed E-state index contributed by atoms with van der Waals surface area (Å²) in [6, 6.07) is 0. The van der Waals surface area contributed by atoms with E-state index in [1.165, 1.54) is 6.42 Å². The zero-order valence-electron chi connectivity index (χ0n) is 5.10. The quantitative estimate of drug-likeness (QED) is 0.349. The van der Waals surface area contributed by atoms with Gasteiger partial charge < -0.3 is 0 Å². The molecule has 46 valence electrons. The largest absolute Gasteiger partial charge is 0.118 e. The van der Waals surface area contributed by atoms with Crippen LogP contribution in [0.3, 0.4) is 0 Å². The summed E-state index contributed by atoms with van der Waals surface area (Å²) in [7, 11) is 0. The van der Waals surface area contributed by atoms with E-state index in [0.29, 0.717) is 5.38 Å². The third-order valence-electron chi connectivity index (χ3n) is 1.55. The summed E-state index contributed by atoms with van der Waals surface area (Å²) in [6.07, 6.45) is 6.70. The summed E-state index contributed by atoms with van der Waals surface area (Å²) in [6.45, 7) is 2.22. The van der Waals surface area contributed by atoms with Crippen LogP contribution in [0.15, 0.2) is 12.2 Å². The van der Waals surface area contributed by atoms with Crippen molar-refractivity contribution in [3.05, 3.63) is 12.2 Å². The highest BCUT2D eigenvalue weighted by molar-refractivity contribution is 6.21. The van der Waals surface area contributed by atoms with Crippen LogP contribution >= 0.6 is 11.6 Å². The van der Waals surface area contributed by atoms with Crippen molar-refractivity contribution < 1.29 is 0 Å². The van der Waals surface area contributed by atoms with Crippen molar-refractivity contribution >= 4 is 11.6 Å². The first-order valence-electron chi connectivity index (χ1n) is 3.11. The van der Waals surface area contributed by atoms with Crippen molar-refractivity contribution in [2.75, 3.05) is 0 Å². The van der Waals surface area contributed by atoms with E-state index in [1.807, 2.05) is 0 Å². The molecule has 0 heterocycles. The van der Waals surface area contributed by atoms with E-state index in [0.717, 1.165) is 12.3 Å². The minimum Gasteiger partial charge on any atom is -0.118 e. The molecule has 1 aliphatic carbocycles. The van der Waals surface area contributed by atoms with E-state index in [2.05, 4.69) is 19.1 Å². The minimum absolute atomic E-state index is 0.311. The van der Waals surface area contributed by atoms with E-state index >= 15 is 0 Å². The van der Waals surface area contributed by atoms with Crippen LogP contribution in [0, 0.1) is 5.92 Å². The molecule has 0 saturated heterocycles. The normalized spacial score (nSPS) is 37.8. The summed E-state index contributed by atoms with van der Waals surface area (Å²) in [5.74, 6) is 0.755. The number of allylic oxidation sites excluding steroid dienone is 2. The van der Waals surface area contributed by atoms with Gasteiger partial charge in [0, 0.05) is 0 Å². The number of rotatable bonds is 0. The average molecular weight is 131 g/mol. The van der Waals surface area contributed by atoms with Gasteiger partial charge in [-0.1, -0.05) is 19.1 Å². The molecule has 0 spiro atoms. The Morgan fingerprint density at radius 3 is 2.50 bits per heavy atom. The van der Waals surface area contributed by atoms with Crippen molar-refractivity contribution in [2.45, 2.75) is 25.1 Å². The van der Waals surface area contributed by atoms with Crippen molar-refractivity contribution in [3.63, 3.8) is 0 Å². The van der Waals surface area contributed by atoms with Crippen LogP contribution in [-0.4, -0.2) is 5.38 Å². The Labute approximate surface area is 55.5 Å². The molecule has 2 atom stereocenters. The summed E-state index contributed by atoms with van der Waals surface area (Å²) in [4.78, 5) is 0. The number of hydrogen-bond acceptors (Lipinski definition) is 0. The third-order valence-corrected chi connectivity index (χ3v) is 1.91. The zero-order valence-corrected chi connectivity index (χ0v) is 5.86. The molecule has 0 radical (unpaired) electrons. The average Bonchev–Trinajstić information content (AvgIpc) is 1.77. The molecule has 0 aromatic carbocycles. The zero-order chi connectivity index (χ0) is 5.98. The molecule has 0 nitrogen and oxygen atoms in total. The maximum Gasteiger partial charge on any atom is 0.0516 e. The second-order valence-corrected chi connectivity index (χ2v) is 3.02. The maximum atomic E-state index is 5.80. The second-order valence-electron chi connectivity index (χ2n) is 2.46. The monoisotopic (exact) mass is 130 g/mol. The summed E-state index contributed by atoms with van der Waals surface area (Å²) in [5.41, 5.74) is 0. The van der Waals surface area contributed by atoms with E-state index in [1.54, 1.807) is 0 Å². The third kappa shape index (κ3) is 1.52. The summed E-state index contributed by atoms with van der Waals surface area (Å²) >= 11 is 5.80. The molecule has 0 aromatic heterocycles. The van der Waals surface area contributed by atoms with Crippen LogP contribution < -0.4 is 0 Å². The van der Waals surface area contributed by atoms with Crippen molar-refractivity contribution in [3.8, 4) is 0 Å². The highest BCUT2D eigenvalue weighted by Gasteiger charge is 2.08. The Hall–Kier alpha value is 0.0300. The molecule has 8 heavy (non-hydrogen) atoms. The smallest absolute Gasteiger partial charge is 0.0516 e. The van der Waals surface area contributed by atoms with Crippen LogP contribution in [0.2, 0.25) is 0 Å². The topological polar surface area (TPSA) is 0 Å². The molecular formula is C7H11Cl. The number of alkyl halides is 1. The van der Waals surface area contributed by atoms with Gasteiger partial charge >= 0.3 is 0 Å². The van der Waals surface area contributed by atoms with Gasteiger partial charge in [0.1, 0.15) is 0 Å². The lowest BCUT2D eigenvalue weighted by molar-refractivity contribution is 0.588. The van der Waals surface area contributed by atoms with E-state index < -0.39 is 0 Å². The highest BCUT2D eigenvalue weighted by atomic mass is 35.5. The van der Waals surface area contributed by atoms with E-state index in [9.17, 15) is 0 Å². The molecule has 1 unspecified atom stereocenters. The molecule has 0 saturated carbocycles. The Bertz CT molecular complexity index is 84.6. The van der Waals surface area contributed by atoms with Gasteiger partial charge in [0.2, 0.25) is 0 Å². The van der Waals surface area contributed by atoms with E-state index in [-0.39, 0.29) is 0 Å². The SMILES string of the molecule is CC1C=C[C@@H](Cl)CC1. The maximum absolute atomic E-state index is 5.80. The molecule has 0 N–H and O–H groups in total. The fourth-order valence-electron chi connectivity index (χ4n) is 0.925. The molecule has 1 rings (SSSR count). The molecule has 0 amide bonds. The molecule has 1 heteroatoms. The first kappa shape index (κ1) is 6.15. The fourth-order valence-corrected chi connectivity index (χ4v) is 1.13. The summed E-state index contributed by atoms with van der Waals surface area (Å²) in [5, 5.41) is 0.311. The number of halogens is 1. The van der Waals surface area contributed by atoms with Gasteiger partial charge in [-0.2, -0.15) is 0 Å². The lowest BCUT2D eigenvalue weighted by atomic mass is 9.98. The molecule has 0 bridgehead atoms. The molecular weight excluding hydrogens is 120 g/mol. The van der Waals surface area contributed by atoms with Gasteiger partial charge in [0.15, 0.2) is 0 Å². The van der Waals surface area contributed by atoms with Gasteiger partial charge in [-0.15, -0.1) is 11.6 Å². The van der Waals surface area contributed by atoms with Crippen LogP contribution in [0.25, 0.3) is 0 Å².